The van der Waals surface area contributed by atoms with Crippen molar-refractivity contribution in [3.63, 3.8) is 0 Å². The van der Waals surface area contributed by atoms with Gasteiger partial charge in [-0.25, -0.2) is 4.68 Å². The van der Waals surface area contributed by atoms with E-state index in [4.69, 9.17) is 9.47 Å². The van der Waals surface area contributed by atoms with E-state index in [2.05, 4.69) is 20.9 Å². The summed E-state index contributed by atoms with van der Waals surface area (Å²) in [5.74, 6) is 0.420. The van der Waals surface area contributed by atoms with Gasteiger partial charge in [-0.2, -0.15) is 0 Å². The average Bonchev–Trinajstić information content (AvgIpc) is 3.43. The summed E-state index contributed by atoms with van der Waals surface area (Å²) in [6, 6.07) is 8.88. The van der Waals surface area contributed by atoms with Gasteiger partial charge in [-0.3, -0.25) is 9.59 Å². The second-order valence-corrected chi connectivity index (χ2v) is 6.98. The number of nitrogens with one attached hydrogen (secondary N) is 2. The van der Waals surface area contributed by atoms with Crippen LogP contribution >= 0.6 is 11.3 Å². The second kappa shape index (κ2) is 9.69. The van der Waals surface area contributed by atoms with Gasteiger partial charge in [-0.05, 0) is 29.6 Å². The van der Waals surface area contributed by atoms with Gasteiger partial charge in [0.25, 0.3) is 11.8 Å². The van der Waals surface area contributed by atoms with Crippen LogP contribution in [-0.4, -0.2) is 47.6 Å². The van der Waals surface area contributed by atoms with Crippen LogP contribution in [0.25, 0.3) is 0 Å². The predicted octanol–water partition coefficient (Wildman–Crippen LogP) is 1.72. The maximum absolute atomic E-state index is 12.4. The van der Waals surface area contributed by atoms with Crippen LogP contribution in [0.5, 0.6) is 11.5 Å². The fraction of sp³-hybridized carbons (Fsp3) is 0.263. The molecule has 29 heavy (non-hydrogen) atoms. The van der Waals surface area contributed by atoms with E-state index in [9.17, 15) is 9.59 Å². The number of benzene rings is 1. The summed E-state index contributed by atoms with van der Waals surface area (Å²) in [4.78, 5) is 25.6. The molecule has 0 fully saturated rings. The third-order valence-corrected chi connectivity index (χ3v) is 4.93. The Morgan fingerprint density at radius 1 is 1.14 bits per heavy atom. The zero-order valence-electron chi connectivity index (χ0n) is 16.0. The number of nitrogens with zero attached hydrogens (tertiary/aromatic N) is 3. The van der Waals surface area contributed by atoms with Crippen molar-refractivity contribution in [1.82, 2.24) is 25.6 Å². The van der Waals surface area contributed by atoms with Crippen LogP contribution in [0.3, 0.4) is 0 Å². The smallest absolute Gasteiger partial charge is 0.273 e. The van der Waals surface area contributed by atoms with E-state index in [0.717, 1.165) is 4.88 Å². The molecule has 2 amide bonds. The summed E-state index contributed by atoms with van der Waals surface area (Å²) in [7, 11) is 3.03. The minimum absolute atomic E-state index is 0.224. The maximum atomic E-state index is 12.4. The Labute approximate surface area is 171 Å². The summed E-state index contributed by atoms with van der Waals surface area (Å²) >= 11 is 1.57. The van der Waals surface area contributed by atoms with Crippen LogP contribution in [-0.2, 0) is 13.1 Å². The van der Waals surface area contributed by atoms with E-state index in [-0.39, 0.29) is 17.5 Å². The van der Waals surface area contributed by atoms with Gasteiger partial charge in [-0.15, -0.1) is 16.4 Å². The molecule has 0 unspecified atom stereocenters. The van der Waals surface area contributed by atoms with Crippen molar-refractivity contribution in [1.29, 1.82) is 0 Å². The van der Waals surface area contributed by atoms with Gasteiger partial charge >= 0.3 is 0 Å². The van der Waals surface area contributed by atoms with Crippen molar-refractivity contribution < 1.29 is 19.1 Å². The van der Waals surface area contributed by atoms with Crippen molar-refractivity contribution in [3.05, 3.63) is 58.0 Å². The molecule has 3 rings (SSSR count). The molecule has 0 aliphatic heterocycles. The van der Waals surface area contributed by atoms with E-state index >= 15 is 0 Å². The lowest BCUT2D eigenvalue weighted by molar-refractivity contribution is 0.0938. The molecule has 2 heterocycles. The normalized spacial score (nSPS) is 10.4. The number of aromatic nitrogens is 3. The number of hydrogen-bond acceptors (Lipinski definition) is 7. The highest BCUT2D eigenvalue weighted by Crippen LogP contribution is 2.23. The molecule has 0 saturated heterocycles. The van der Waals surface area contributed by atoms with Crippen LogP contribution in [0.1, 0.15) is 25.7 Å². The van der Waals surface area contributed by atoms with Crippen molar-refractivity contribution in [2.24, 2.45) is 0 Å². The fourth-order valence-corrected chi connectivity index (χ4v) is 3.20. The van der Waals surface area contributed by atoms with Crippen molar-refractivity contribution >= 4 is 23.2 Å². The topological polar surface area (TPSA) is 107 Å². The van der Waals surface area contributed by atoms with Gasteiger partial charge in [0.15, 0.2) is 5.69 Å². The summed E-state index contributed by atoms with van der Waals surface area (Å²) in [6.07, 6.45) is 1.54. The number of hydrogen-bond donors (Lipinski definition) is 2. The monoisotopic (exact) mass is 415 g/mol. The van der Waals surface area contributed by atoms with Gasteiger partial charge in [0.1, 0.15) is 11.5 Å². The van der Waals surface area contributed by atoms with Gasteiger partial charge in [0, 0.05) is 11.4 Å². The predicted molar refractivity (Wildman–Crippen MR) is 107 cm³/mol. The minimum atomic E-state index is -0.297. The SMILES string of the molecule is COc1ccc(OC)c(C(=O)NCCn2cc(C(=O)NCc3cccs3)nn2)c1. The number of rotatable bonds is 9. The van der Waals surface area contributed by atoms with E-state index in [0.29, 0.717) is 36.7 Å². The lowest BCUT2D eigenvalue weighted by Crippen LogP contribution is -2.27. The van der Waals surface area contributed by atoms with Gasteiger partial charge < -0.3 is 20.1 Å². The summed E-state index contributed by atoms with van der Waals surface area (Å²) in [5.41, 5.74) is 0.599. The first kappa shape index (κ1) is 20.3. The Morgan fingerprint density at radius 3 is 2.72 bits per heavy atom. The molecule has 1 aromatic carbocycles. The van der Waals surface area contributed by atoms with Gasteiger partial charge in [0.05, 0.1) is 39.1 Å². The largest absolute Gasteiger partial charge is 0.497 e. The summed E-state index contributed by atoms with van der Waals surface area (Å²) < 4.78 is 11.9. The average molecular weight is 415 g/mol. The number of methoxy groups -OCH3 is 2. The van der Waals surface area contributed by atoms with Gasteiger partial charge in [0.2, 0.25) is 0 Å². The lowest BCUT2D eigenvalue weighted by Gasteiger charge is -2.10. The van der Waals surface area contributed by atoms with Crippen LogP contribution in [0, 0.1) is 0 Å². The second-order valence-electron chi connectivity index (χ2n) is 5.95. The summed E-state index contributed by atoms with van der Waals surface area (Å²) in [6.45, 7) is 1.11. The van der Waals surface area contributed by atoms with E-state index < -0.39 is 0 Å². The first-order valence-corrected chi connectivity index (χ1v) is 9.69. The Morgan fingerprint density at radius 2 is 2.00 bits per heavy atom. The molecule has 0 bridgehead atoms. The molecule has 152 valence electrons. The van der Waals surface area contributed by atoms with Crippen molar-refractivity contribution in [2.75, 3.05) is 20.8 Å². The fourth-order valence-electron chi connectivity index (χ4n) is 2.55. The number of thiophene rings is 1. The molecule has 9 nitrogen and oxygen atoms in total. The molecule has 2 N–H and O–H groups in total. The number of ether oxygens (including phenoxy) is 2. The Kier molecular flexibility index (Phi) is 6.80. The third kappa shape index (κ3) is 5.32. The molecule has 0 atom stereocenters. The molecule has 10 heteroatoms. The number of carbonyl (C=O) groups is 2. The summed E-state index contributed by atoms with van der Waals surface area (Å²) in [5, 5.41) is 15.3. The molecule has 0 aliphatic carbocycles. The highest BCUT2D eigenvalue weighted by Gasteiger charge is 2.14. The van der Waals surface area contributed by atoms with Crippen molar-refractivity contribution in [2.45, 2.75) is 13.1 Å². The zero-order chi connectivity index (χ0) is 20.6. The molecule has 0 saturated carbocycles. The highest BCUT2D eigenvalue weighted by atomic mass is 32.1. The Hall–Kier alpha value is -3.40. The van der Waals surface area contributed by atoms with Crippen LogP contribution < -0.4 is 20.1 Å². The van der Waals surface area contributed by atoms with E-state index in [1.807, 2.05) is 17.5 Å². The van der Waals surface area contributed by atoms with Crippen LogP contribution in [0.4, 0.5) is 0 Å². The van der Waals surface area contributed by atoms with Crippen LogP contribution in [0.15, 0.2) is 41.9 Å². The van der Waals surface area contributed by atoms with Crippen molar-refractivity contribution in [3.8, 4) is 11.5 Å². The van der Waals surface area contributed by atoms with Gasteiger partial charge in [-0.1, -0.05) is 11.3 Å². The maximum Gasteiger partial charge on any atom is 0.273 e. The zero-order valence-corrected chi connectivity index (χ0v) is 16.9. The Bertz CT molecular complexity index is 971. The molecule has 3 aromatic rings. The third-order valence-electron chi connectivity index (χ3n) is 4.05. The molecule has 0 radical (unpaired) electrons. The lowest BCUT2D eigenvalue weighted by atomic mass is 10.1. The standard InChI is InChI=1S/C19H21N5O4S/c1-27-13-5-6-17(28-2)15(10-13)18(25)20-7-8-24-12-16(22-23-24)19(26)21-11-14-4-3-9-29-14/h3-6,9-10,12H,7-8,11H2,1-2H3,(H,20,25)(H,21,26). The first-order valence-electron chi connectivity index (χ1n) is 8.81. The molecular formula is C19H21N5O4S. The first-order chi connectivity index (χ1) is 14.1. The minimum Gasteiger partial charge on any atom is -0.497 e. The van der Waals surface area contributed by atoms with E-state index in [1.165, 1.54) is 18.9 Å². The quantitative estimate of drug-likeness (QED) is 0.551. The number of amides is 2. The van der Waals surface area contributed by atoms with Crippen LogP contribution in [0.2, 0.25) is 0 Å². The Balaban J connectivity index is 1.51. The molecule has 0 aliphatic rings. The highest BCUT2D eigenvalue weighted by molar-refractivity contribution is 7.09. The molecule has 0 spiro atoms. The van der Waals surface area contributed by atoms with E-state index in [1.54, 1.807) is 35.7 Å². The molecular weight excluding hydrogens is 394 g/mol. The molecule has 2 aromatic heterocycles. The number of carbonyl (C=O) groups excluding carboxylic acids is 2.